The van der Waals surface area contributed by atoms with Crippen LogP contribution in [0.15, 0.2) is 0 Å². The number of rotatable bonds is 18. The van der Waals surface area contributed by atoms with Crippen LogP contribution in [-0.2, 0) is 9.53 Å². The minimum atomic E-state index is -0.477. The highest BCUT2D eigenvalue weighted by Crippen LogP contribution is 2.14. The third-order valence-electron chi connectivity index (χ3n) is 5.16. The lowest BCUT2D eigenvalue weighted by molar-refractivity contribution is -0.146. The standard InChI is InChI=1S/C23H47NO2/c1-20(2)18-16-14-12-10-8-6-5-7-9-11-13-15-17-19-26-23(25)22(24)21(3)4/h20-22H,5-19,24H2,1-4H3. The molecule has 0 saturated carbocycles. The van der Waals surface area contributed by atoms with E-state index >= 15 is 0 Å². The quantitative estimate of drug-likeness (QED) is 0.218. The van der Waals surface area contributed by atoms with Gasteiger partial charge in [-0.15, -0.1) is 0 Å². The number of esters is 1. The van der Waals surface area contributed by atoms with Crippen molar-refractivity contribution in [3.63, 3.8) is 0 Å². The Kier molecular flexibility index (Phi) is 17.4. The second-order valence-corrected chi connectivity index (χ2v) is 8.72. The summed E-state index contributed by atoms with van der Waals surface area (Å²) in [4.78, 5) is 11.6. The summed E-state index contributed by atoms with van der Waals surface area (Å²) in [6.45, 7) is 9.05. The van der Waals surface area contributed by atoms with Crippen molar-refractivity contribution in [3.05, 3.63) is 0 Å². The monoisotopic (exact) mass is 369 g/mol. The molecule has 0 aliphatic carbocycles. The minimum absolute atomic E-state index is 0.146. The summed E-state index contributed by atoms with van der Waals surface area (Å²) in [5, 5.41) is 0. The largest absolute Gasteiger partial charge is 0.465 e. The molecule has 0 fully saturated rings. The predicted octanol–water partition coefficient (Wildman–Crippen LogP) is 6.63. The lowest BCUT2D eigenvalue weighted by Crippen LogP contribution is -2.37. The van der Waals surface area contributed by atoms with Gasteiger partial charge in [0.15, 0.2) is 0 Å². The van der Waals surface area contributed by atoms with Gasteiger partial charge in [0.25, 0.3) is 0 Å². The highest BCUT2D eigenvalue weighted by atomic mass is 16.5. The molecule has 0 heterocycles. The van der Waals surface area contributed by atoms with Crippen molar-refractivity contribution >= 4 is 5.97 Å². The summed E-state index contributed by atoms with van der Waals surface area (Å²) in [6.07, 6.45) is 18.8. The molecule has 0 aromatic carbocycles. The molecule has 0 saturated heterocycles. The Hall–Kier alpha value is -0.570. The van der Waals surface area contributed by atoms with E-state index in [0.717, 1.165) is 18.8 Å². The Balaban J connectivity index is 3.17. The van der Waals surface area contributed by atoms with Gasteiger partial charge in [0.1, 0.15) is 6.04 Å². The molecule has 0 bridgehead atoms. The van der Waals surface area contributed by atoms with Gasteiger partial charge in [0.05, 0.1) is 6.61 Å². The average Bonchev–Trinajstić information content (AvgIpc) is 2.60. The van der Waals surface area contributed by atoms with Crippen LogP contribution in [0.25, 0.3) is 0 Å². The van der Waals surface area contributed by atoms with E-state index in [1.165, 1.54) is 77.0 Å². The van der Waals surface area contributed by atoms with Gasteiger partial charge in [-0.3, -0.25) is 4.79 Å². The minimum Gasteiger partial charge on any atom is -0.465 e. The smallest absolute Gasteiger partial charge is 0.323 e. The Morgan fingerprint density at radius 1 is 0.692 bits per heavy atom. The summed E-state index contributed by atoms with van der Waals surface area (Å²) in [5.74, 6) is 0.764. The number of hydrogen-bond acceptors (Lipinski definition) is 3. The third-order valence-corrected chi connectivity index (χ3v) is 5.16. The molecule has 3 heteroatoms. The van der Waals surface area contributed by atoms with Crippen LogP contribution in [0.3, 0.4) is 0 Å². The van der Waals surface area contributed by atoms with Gasteiger partial charge in [-0.1, -0.05) is 111 Å². The number of carbonyl (C=O) groups excluding carboxylic acids is 1. The van der Waals surface area contributed by atoms with Crippen molar-refractivity contribution in [1.29, 1.82) is 0 Å². The molecule has 26 heavy (non-hydrogen) atoms. The first-order valence-electron chi connectivity index (χ1n) is 11.4. The molecule has 1 unspecified atom stereocenters. The van der Waals surface area contributed by atoms with E-state index in [2.05, 4.69) is 13.8 Å². The lowest BCUT2D eigenvalue weighted by atomic mass is 10.0. The van der Waals surface area contributed by atoms with E-state index in [-0.39, 0.29) is 11.9 Å². The molecular weight excluding hydrogens is 322 g/mol. The summed E-state index contributed by atoms with van der Waals surface area (Å²) in [7, 11) is 0. The first-order chi connectivity index (χ1) is 12.4. The molecule has 0 rings (SSSR count). The number of carbonyl (C=O) groups is 1. The summed E-state index contributed by atoms with van der Waals surface area (Å²) in [6, 6.07) is -0.477. The molecule has 0 aliphatic rings. The van der Waals surface area contributed by atoms with Crippen LogP contribution in [0.1, 0.15) is 118 Å². The average molecular weight is 370 g/mol. The molecule has 0 aliphatic heterocycles. The van der Waals surface area contributed by atoms with Gasteiger partial charge < -0.3 is 10.5 Å². The first kappa shape index (κ1) is 25.4. The van der Waals surface area contributed by atoms with Crippen LogP contribution < -0.4 is 5.73 Å². The fourth-order valence-electron chi connectivity index (χ4n) is 3.14. The SMILES string of the molecule is CC(C)CCCCCCCCCCCCCCCOC(=O)C(N)C(C)C. The Labute approximate surface area is 163 Å². The molecule has 3 nitrogen and oxygen atoms in total. The Morgan fingerprint density at radius 3 is 1.46 bits per heavy atom. The maximum atomic E-state index is 11.6. The van der Waals surface area contributed by atoms with Crippen LogP contribution in [-0.4, -0.2) is 18.6 Å². The fourth-order valence-corrected chi connectivity index (χ4v) is 3.14. The summed E-state index contributed by atoms with van der Waals surface area (Å²) < 4.78 is 5.22. The lowest BCUT2D eigenvalue weighted by Gasteiger charge is -2.14. The van der Waals surface area contributed by atoms with Crippen LogP contribution >= 0.6 is 0 Å². The molecule has 0 aromatic rings. The molecule has 0 spiro atoms. The number of unbranched alkanes of at least 4 members (excludes halogenated alkanes) is 12. The van der Waals surface area contributed by atoms with Gasteiger partial charge in [0, 0.05) is 0 Å². The molecular formula is C23H47NO2. The van der Waals surface area contributed by atoms with Gasteiger partial charge in [-0.25, -0.2) is 0 Å². The highest BCUT2D eigenvalue weighted by Gasteiger charge is 2.18. The zero-order chi connectivity index (χ0) is 19.6. The maximum Gasteiger partial charge on any atom is 0.323 e. The molecule has 0 radical (unpaired) electrons. The van der Waals surface area contributed by atoms with E-state index in [0.29, 0.717) is 6.61 Å². The summed E-state index contributed by atoms with van der Waals surface area (Å²) >= 11 is 0. The molecule has 0 aromatic heterocycles. The van der Waals surface area contributed by atoms with E-state index in [1.54, 1.807) is 0 Å². The fraction of sp³-hybridized carbons (Fsp3) is 0.957. The van der Waals surface area contributed by atoms with Crippen molar-refractivity contribution in [2.75, 3.05) is 6.61 Å². The van der Waals surface area contributed by atoms with Crippen LogP contribution in [0.5, 0.6) is 0 Å². The number of ether oxygens (including phenoxy) is 1. The van der Waals surface area contributed by atoms with Gasteiger partial charge in [-0.05, 0) is 18.3 Å². The second kappa shape index (κ2) is 17.8. The van der Waals surface area contributed by atoms with Crippen LogP contribution in [0.4, 0.5) is 0 Å². The van der Waals surface area contributed by atoms with Gasteiger partial charge >= 0.3 is 5.97 Å². The molecule has 156 valence electrons. The van der Waals surface area contributed by atoms with Crippen molar-refractivity contribution in [3.8, 4) is 0 Å². The van der Waals surface area contributed by atoms with Crippen molar-refractivity contribution in [1.82, 2.24) is 0 Å². The zero-order valence-corrected chi connectivity index (χ0v) is 18.2. The summed E-state index contributed by atoms with van der Waals surface area (Å²) in [5.41, 5.74) is 5.76. The number of nitrogens with two attached hydrogens (primary N) is 1. The van der Waals surface area contributed by atoms with Gasteiger partial charge in [0.2, 0.25) is 0 Å². The van der Waals surface area contributed by atoms with E-state index in [1.807, 2.05) is 13.8 Å². The molecule has 2 N–H and O–H groups in total. The van der Waals surface area contributed by atoms with Crippen molar-refractivity contribution < 1.29 is 9.53 Å². The Morgan fingerprint density at radius 2 is 1.08 bits per heavy atom. The van der Waals surface area contributed by atoms with Gasteiger partial charge in [-0.2, -0.15) is 0 Å². The highest BCUT2D eigenvalue weighted by molar-refractivity contribution is 5.75. The molecule has 0 amide bonds. The molecule has 1 atom stereocenters. The van der Waals surface area contributed by atoms with E-state index < -0.39 is 6.04 Å². The van der Waals surface area contributed by atoms with E-state index in [9.17, 15) is 4.79 Å². The maximum absolute atomic E-state index is 11.6. The second-order valence-electron chi connectivity index (χ2n) is 8.72. The first-order valence-corrected chi connectivity index (χ1v) is 11.4. The third kappa shape index (κ3) is 16.9. The predicted molar refractivity (Wildman–Crippen MR) is 113 cm³/mol. The Bertz CT molecular complexity index is 315. The van der Waals surface area contributed by atoms with E-state index in [4.69, 9.17) is 10.5 Å². The number of hydrogen-bond donors (Lipinski definition) is 1. The van der Waals surface area contributed by atoms with Crippen LogP contribution in [0.2, 0.25) is 0 Å². The topological polar surface area (TPSA) is 52.3 Å². The van der Waals surface area contributed by atoms with Crippen molar-refractivity contribution in [2.45, 2.75) is 124 Å². The van der Waals surface area contributed by atoms with Crippen LogP contribution in [0, 0.1) is 11.8 Å². The zero-order valence-electron chi connectivity index (χ0n) is 18.2. The normalized spacial score (nSPS) is 12.7. The van der Waals surface area contributed by atoms with Crippen molar-refractivity contribution in [2.24, 2.45) is 17.6 Å².